The van der Waals surface area contributed by atoms with Crippen LogP contribution in [0.15, 0.2) is 0 Å². The molecule has 5 nitrogen and oxygen atoms in total. The van der Waals surface area contributed by atoms with Crippen molar-refractivity contribution in [3.63, 3.8) is 0 Å². The molecule has 0 aliphatic carbocycles. The molecular formula is C6H18N4O. The Morgan fingerprint density at radius 1 is 1.64 bits per heavy atom. The summed E-state index contributed by atoms with van der Waals surface area (Å²) in [6.07, 6.45) is 1.11. The van der Waals surface area contributed by atoms with Crippen molar-refractivity contribution >= 4 is 0 Å². The maximum absolute atomic E-state index is 7.04. The Hall–Kier alpha value is -0.200. The van der Waals surface area contributed by atoms with Crippen LogP contribution in [0.2, 0.25) is 0 Å². The van der Waals surface area contributed by atoms with Crippen LogP contribution in [0, 0.1) is 5.92 Å². The van der Waals surface area contributed by atoms with Crippen LogP contribution in [-0.4, -0.2) is 13.6 Å². The Labute approximate surface area is 67.7 Å². The maximum Gasteiger partial charge on any atom is 0.0358 e. The van der Waals surface area contributed by atoms with Crippen molar-refractivity contribution in [1.82, 2.24) is 10.9 Å². The van der Waals surface area contributed by atoms with Gasteiger partial charge in [-0.1, -0.05) is 20.3 Å². The van der Waals surface area contributed by atoms with Gasteiger partial charge < -0.3 is 5.84 Å². The molecule has 0 fully saturated rings. The molecule has 0 aliphatic heterocycles. The lowest BCUT2D eigenvalue weighted by Gasteiger charge is -2.17. The first kappa shape index (κ1) is 10.8. The van der Waals surface area contributed by atoms with Gasteiger partial charge in [-0.05, 0) is 5.92 Å². The second-order valence-electron chi connectivity index (χ2n) is 2.54. The van der Waals surface area contributed by atoms with Crippen molar-refractivity contribution in [1.29, 1.82) is 0 Å². The van der Waals surface area contributed by atoms with E-state index in [-0.39, 0.29) is 5.28 Å². The van der Waals surface area contributed by atoms with Crippen LogP contribution in [0.1, 0.15) is 20.3 Å². The third-order valence-electron chi connectivity index (χ3n) is 1.53. The van der Waals surface area contributed by atoms with E-state index in [4.69, 9.17) is 10.8 Å². The van der Waals surface area contributed by atoms with Crippen molar-refractivity contribution in [2.45, 2.75) is 20.3 Å². The fraction of sp³-hybridized carbons (Fsp3) is 1.00. The number of quaternary nitrogens is 1. The van der Waals surface area contributed by atoms with E-state index < -0.39 is 0 Å². The van der Waals surface area contributed by atoms with Crippen LogP contribution in [0.4, 0.5) is 0 Å². The van der Waals surface area contributed by atoms with Crippen LogP contribution < -0.4 is 16.2 Å². The molecule has 11 heavy (non-hydrogen) atoms. The van der Waals surface area contributed by atoms with Crippen molar-refractivity contribution in [3.05, 3.63) is 5.84 Å². The van der Waals surface area contributed by atoms with Gasteiger partial charge in [0.2, 0.25) is 0 Å². The fourth-order valence-electron chi connectivity index (χ4n) is 0.451. The fourth-order valence-corrected chi connectivity index (χ4v) is 0.451. The van der Waals surface area contributed by atoms with Crippen molar-refractivity contribution in [2.24, 2.45) is 5.92 Å². The van der Waals surface area contributed by atoms with Crippen molar-refractivity contribution < 1.29 is 10.2 Å². The van der Waals surface area contributed by atoms with Crippen LogP contribution >= 0.6 is 0 Å². The Morgan fingerprint density at radius 3 is 2.73 bits per heavy atom. The summed E-state index contributed by atoms with van der Waals surface area (Å²) in [5.41, 5.74) is 5.25. The molecule has 0 saturated heterocycles. The molecule has 68 valence electrons. The lowest BCUT2D eigenvalue weighted by Crippen LogP contribution is -3.12. The summed E-state index contributed by atoms with van der Waals surface area (Å²) in [5.74, 6) is 7.63. The predicted octanol–water partition coefficient (Wildman–Crippen LogP) is -0.545. The number of hydrogen-bond donors (Lipinski definition) is 3. The zero-order valence-corrected chi connectivity index (χ0v) is 7.40. The highest BCUT2D eigenvalue weighted by molar-refractivity contribution is 4.47. The van der Waals surface area contributed by atoms with Crippen molar-refractivity contribution in [3.8, 4) is 0 Å². The number of nitrogens with one attached hydrogen (secondary N) is 4. The Bertz CT molecular complexity index is 80.7. The van der Waals surface area contributed by atoms with Crippen LogP contribution in [-0.2, 0) is 4.94 Å². The second-order valence-corrected chi connectivity index (χ2v) is 2.54. The molecule has 0 spiro atoms. The Balaban J connectivity index is 3.13. The SMILES string of the molecule is CCC(C)CNO[NH+]([NH-])NC. The highest BCUT2D eigenvalue weighted by atomic mass is 16.9. The number of hydroxylamine groups is 1. The van der Waals surface area contributed by atoms with Gasteiger partial charge in [-0.15, -0.1) is 15.8 Å². The minimum absolute atomic E-state index is 0.0494. The second kappa shape index (κ2) is 6.51. The van der Waals surface area contributed by atoms with Gasteiger partial charge in [-0.3, -0.25) is 0 Å². The lowest BCUT2D eigenvalue weighted by molar-refractivity contribution is -1.10. The van der Waals surface area contributed by atoms with Gasteiger partial charge in [0.25, 0.3) is 0 Å². The molecule has 0 heterocycles. The van der Waals surface area contributed by atoms with Crippen molar-refractivity contribution in [2.75, 3.05) is 13.6 Å². The molecule has 0 rings (SSSR count). The lowest BCUT2D eigenvalue weighted by atomic mass is 10.1. The first-order valence-electron chi connectivity index (χ1n) is 3.86. The summed E-state index contributed by atoms with van der Waals surface area (Å²) >= 11 is 0. The van der Waals surface area contributed by atoms with Gasteiger partial charge in [0.1, 0.15) is 0 Å². The summed E-state index contributed by atoms with van der Waals surface area (Å²) in [7, 11) is 1.65. The van der Waals surface area contributed by atoms with Crippen LogP contribution in [0.5, 0.6) is 0 Å². The number of rotatable bonds is 6. The molecule has 0 aromatic carbocycles. The third kappa shape index (κ3) is 6.21. The minimum atomic E-state index is 0.0494. The average Bonchev–Trinajstić information content (AvgIpc) is 2.04. The zero-order chi connectivity index (χ0) is 8.69. The summed E-state index contributed by atoms with van der Waals surface area (Å²) in [6, 6.07) is 0. The third-order valence-corrected chi connectivity index (χ3v) is 1.53. The van der Waals surface area contributed by atoms with Gasteiger partial charge in [0, 0.05) is 13.6 Å². The van der Waals surface area contributed by atoms with Gasteiger partial charge in [-0.25, -0.2) is 0 Å². The molecule has 0 amide bonds. The van der Waals surface area contributed by atoms with Crippen LogP contribution in [0.3, 0.4) is 0 Å². The van der Waals surface area contributed by atoms with Gasteiger partial charge in [-0.2, -0.15) is 5.28 Å². The Morgan fingerprint density at radius 2 is 2.27 bits per heavy atom. The average molecular weight is 162 g/mol. The molecule has 0 aromatic rings. The van der Waals surface area contributed by atoms with E-state index in [9.17, 15) is 0 Å². The van der Waals surface area contributed by atoms with Gasteiger partial charge in [0.15, 0.2) is 0 Å². The molecule has 0 aromatic heterocycles. The zero-order valence-electron chi connectivity index (χ0n) is 7.40. The van der Waals surface area contributed by atoms with E-state index in [1.54, 1.807) is 7.05 Å². The highest BCUT2D eigenvalue weighted by Crippen LogP contribution is 1.95. The topological polar surface area (TPSA) is 61.5 Å². The Kier molecular flexibility index (Phi) is 6.39. The van der Waals surface area contributed by atoms with Gasteiger partial charge in [0.05, 0.1) is 0 Å². The monoisotopic (exact) mass is 162 g/mol. The van der Waals surface area contributed by atoms with E-state index in [1.807, 2.05) is 0 Å². The molecule has 4 N–H and O–H groups in total. The van der Waals surface area contributed by atoms with Gasteiger partial charge >= 0.3 is 0 Å². The summed E-state index contributed by atoms with van der Waals surface area (Å²) in [5, 5.41) is 0.0494. The van der Waals surface area contributed by atoms with E-state index in [0.717, 1.165) is 13.0 Å². The van der Waals surface area contributed by atoms with Crippen LogP contribution in [0.25, 0.3) is 5.84 Å². The summed E-state index contributed by atoms with van der Waals surface area (Å²) in [6.45, 7) is 5.02. The minimum Gasteiger partial charge on any atom is -0.411 e. The molecule has 0 aliphatic rings. The molecule has 0 saturated carbocycles. The van der Waals surface area contributed by atoms with E-state index in [1.165, 1.54) is 0 Å². The predicted molar refractivity (Wildman–Crippen MR) is 42.9 cm³/mol. The molecule has 0 radical (unpaired) electrons. The first-order chi connectivity index (χ1) is 5.20. The molecule has 2 atom stereocenters. The van der Waals surface area contributed by atoms with E-state index >= 15 is 0 Å². The number of hydrogen-bond acceptors (Lipinski definition) is 3. The molecule has 5 heteroatoms. The summed E-state index contributed by atoms with van der Waals surface area (Å²) < 4.78 is 0. The van der Waals surface area contributed by atoms with E-state index in [2.05, 4.69) is 24.8 Å². The quantitative estimate of drug-likeness (QED) is 0.459. The maximum atomic E-state index is 7.04. The normalized spacial score (nSPS) is 16.4. The highest BCUT2D eigenvalue weighted by Gasteiger charge is 1.98. The first-order valence-corrected chi connectivity index (χ1v) is 3.86. The standard InChI is InChI=1S/C6H18N4O/c1-4-6(2)5-9-11-10(7)8-3/h6-10H,4-5H2,1-3H3. The smallest absolute Gasteiger partial charge is 0.0358 e. The van der Waals surface area contributed by atoms with E-state index in [0.29, 0.717) is 5.92 Å². The molecule has 2 unspecified atom stereocenters. The largest absolute Gasteiger partial charge is 0.411 e. The molecular weight excluding hydrogens is 144 g/mol. The summed E-state index contributed by atoms with van der Waals surface area (Å²) in [4.78, 5) is 4.79. The molecule has 0 bridgehead atoms.